The highest BCUT2D eigenvalue weighted by Crippen LogP contribution is 2.40. The van der Waals surface area contributed by atoms with Crippen molar-refractivity contribution in [3.63, 3.8) is 0 Å². The molecular weight excluding hydrogens is 498 g/mol. The third kappa shape index (κ3) is 3.30. The van der Waals surface area contributed by atoms with Crippen LogP contribution in [0.25, 0.3) is 21.9 Å². The molecule has 0 fully saturated rings. The van der Waals surface area contributed by atoms with Crippen molar-refractivity contribution < 1.29 is 14.1 Å². The average molecular weight is 516 g/mol. The Labute approximate surface area is 202 Å². The minimum absolute atomic E-state index is 0.0113. The van der Waals surface area contributed by atoms with Crippen molar-refractivity contribution in [2.75, 3.05) is 6.54 Å². The number of benzene rings is 3. The maximum atomic E-state index is 13.7. The van der Waals surface area contributed by atoms with Crippen molar-refractivity contribution in [3.05, 3.63) is 110 Å². The van der Waals surface area contributed by atoms with Crippen molar-refractivity contribution >= 4 is 49.4 Å². The summed E-state index contributed by atoms with van der Waals surface area (Å²) in [6, 6.07) is 21.4. The summed E-state index contributed by atoms with van der Waals surface area (Å²) < 4.78 is 6.81. The van der Waals surface area contributed by atoms with E-state index in [0.29, 0.717) is 18.5 Å². The lowest BCUT2D eigenvalue weighted by Gasteiger charge is -2.35. The number of aromatic amines is 1. The lowest BCUT2D eigenvalue weighted by Crippen LogP contribution is -2.40. The SMILES string of the molecule is O=C(c1cc2cc(Br)ccc2o1)N1CCc2c([nH]c3ccccc23)[C@H]1c1ccc([N+](=O)[O-])cc1. The van der Waals surface area contributed by atoms with E-state index in [1.54, 1.807) is 23.1 Å². The quantitative estimate of drug-likeness (QED) is 0.223. The van der Waals surface area contributed by atoms with Crippen LogP contribution < -0.4 is 0 Å². The van der Waals surface area contributed by atoms with Gasteiger partial charge in [-0.2, -0.15) is 0 Å². The van der Waals surface area contributed by atoms with Gasteiger partial charge in [0.1, 0.15) is 5.58 Å². The molecule has 3 heterocycles. The largest absolute Gasteiger partial charge is 0.451 e. The second-order valence-corrected chi connectivity index (χ2v) is 9.27. The van der Waals surface area contributed by atoms with Crippen molar-refractivity contribution in [1.29, 1.82) is 0 Å². The number of nitro benzene ring substituents is 1. The molecule has 1 amide bonds. The van der Waals surface area contributed by atoms with Crippen LogP contribution in [0.3, 0.4) is 0 Å². The summed E-state index contributed by atoms with van der Waals surface area (Å²) in [7, 11) is 0. The summed E-state index contributed by atoms with van der Waals surface area (Å²) in [6.45, 7) is 0.496. The van der Waals surface area contributed by atoms with E-state index in [9.17, 15) is 14.9 Å². The predicted molar refractivity (Wildman–Crippen MR) is 132 cm³/mol. The molecule has 2 aromatic heterocycles. The van der Waals surface area contributed by atoms with E-state index in [4.69, 9.17) is 4.42 Å². The Morgan fingerprint density at radius 3 is 2.68 bits per heavy atom. The Morgan fingerprint density at radius 2 is 1.88 bits per heavy atom. The number of rotatable bonds is 3. The number of carbonyl (C=O) groups is 1. The molecule has 7 nitrogen and oxygen atoms in total. The van der Waals surface area contributed by atoms with Gasteiger partial charge in [-0.3, -0.25) is 14.9 Å². The van der Waals surface area contributed by atoms with Crippen molar-refractivity contribution in [2.24, 2.45) is 0 Å². The number of aromatic nitrogens is 1. The molecule has 8 heteroatoms. The first-order valence-corrected chi connectivity index (χ1v) is 11.6. The van der Waals surface area contributed by atoms with E-state index >= 15 is 0 Å². The van der Waals surface area contributed by atoms with Crippen LogP contribution in [-0.2, 0) is 6.42 Å². The van der Waals surface area contributed by atoms with Gasteiger partial charge in [0.25, 0.3) is 11.6 Å². The van der Waals surface area contributed by atoms with Gasteiger partial charge in [-0.25, -0.2) is 0 Å². The predicted octanol–water partition coefficient (Wildman–Crippen LogP) is 6.37. The molecule has 1 aliphatic heterocycles. The van der Waals surface area contributed by atoms with Crippen LogP contribution in [0.15, 0.2) is 81.7 Å². The molecule has 0 radical (unpaired) electrons. The second kappa shape index (κ2) is 7.85. The van der Waals surface area contributed by atoms with Gasteiger partial charge in [0, 0.05) is 45.1 Å². The molecule has 1 atom stereocenters. The van der Waals surface area contributed by atoms with Gasteiger partial charge in [-0.15, -0.1) is 0 Å². The number of fused-ring (bicyclic) bond motifs is 4. The summed E-state index contributed by atoms with van der Waals surface area (Å²) >= 11 is 3.46. The van der Waals surface area contributed by atoms with E-state index < -0.39 is 11.0 Å². The van der Waals surface area contributed by atoms with Crippen LogP contribution in [-0.4, -0.2) is 27.3 Å². The molecule has 5 aromatic rings. The number of carbonyl (C=O) groups excluding carboxylic acids is 1. The van der Waals surface area contributed by atoms with E-state index in [0.717, 1.165) is 37.6 Å². The lowest BCUT2D eigenvalue weighted by atomic mass is 9.92. The smallest absolute Gasteiger partial charge is 0.290 e. The summed E-state index contributed by atoms with van der Waals surface area (Å²) in [5.41, 5.74) is 4.54. The minimum atomic E-state index is -0.426. The van der Waals surface area contributed by atoms with E-state index in [-0.39, 0.29) is 17.4 Å². The maximum Gasteiger partial charge on any atom is 0.290 e. The lowest BCUT2D eigenvalue weighted by molar-refractivity contribution is -0.384. The topological polar surface area (TPSA) is 92.4 Å². The summed E-state index contributed by atoms with van der Waals surface area (Å²) in [4.78, 5) is 29.8. The second-order valence-electron chi connectivity index (χ2n) is 8.36. The number of hydrogen-bond donors (Lipinski definition) is 1. The molecule has 0 aliphatic carbocycles. The van der Waals surface area contributed by atoms with Crippen LogP contribution in [0.5, 0.6) is 0 Å². The first-order valence-electron chi connectivity index (χ1n) is 10.8. The van der Waals surface area contributed by atoms with Gasteiger partial charge in [-0.1, -0.05) is 34.1 Å². The number of amides is 1. The number of H-pyrrole nitrogens is 1. The molecule has 34 heavy (non-hydrogen) atoms. The van der Waals surface area contributed by atoms with Gasteiger partial charge in [0.05, 0.1) is 11.0 Å². The summed E-state index contributed by atoms with van der Waals surface area (Å²) in [5, 5.41) is 13.2. The molecule has 0 spiro atoms. The average Bonchev–Trinajstić information content (AvgIpc) is 3.44. The Kier molecular flexibility index (Phi) is 4.77. The number of furan rings is 1. The first kappa shape index (κ1) is 20.7. The van der Waals surface area contributed by atoms with E-state index in [1.807, 2.05) is 36.4 Å². The summed E-state index contributed by atoms with van der Waals surface area (Å²) in [6.07, 6.45) is 0.695. The molecule has 0 unspecified atom stereocenters. The molecule has 0 saturated carbocycles. The zero-order valence-corrected chi connectivity index (χ0v) is 19.4. The van der Waals surface area contributed by atoms with Crippen LogP contribution in [0.1, 0.15) is 33.4 Å². The number of nitro groups is 1. The van der Waals surface area contributed by atoms with Crippen LogP contribution in [0.4, 0.5) is 5.69 Å². The number of non-ortho nitro benzene ring substituents is 1. The van der Waals surface area contributed by atoms with Gasteiger partial charge in [0.15, 0.2) is 5.76 Å². The third-order valence-corrected chi connectivity index (χ3v) is 6.90. The third-order valence-electron chi connectivity index (χ3n) is 6.40. The fourth-order valence-corrected chi connectivity index (χ4v) is 5.22. The highest BCUT2D eigenvalue weighted by molar-refractivity contribution is 9.10. The molecule has 0 bridgehead atoms. The fraction of sp³-hybridized carbons (Fsp3) is 0.115. The monoisotopic (exact) mass is 515 g/mol. The summed E-state index contributed by atoms with van der Waals surface area (Å²) in [5.74, 6) is 0.0413. The first-order chi connectivity index (χ1) is 16.5. The number of para-hydroxylation sites is 1. The molecule has 0 saturated heterocycles. The van der Waals surface area contributed by atoms with E-state index in [1.165, 1.54) is 12.1 Å². The van der Waals surface area contributed by atoms with Gasteiger partial charge in [0.2, 0.25) is 0 Å². The van der Waals surface area contributed by atoms with Crippen molar-refractivity contribution in [1.82, 2.24) is 9.88 Å². The molecule has 6 rings (SSSR count). The van der Waals surface area contributed by atoms with Gasteiger partial charge >= 0.3 is 0 Å². The number of hydrogen-bond acceptors (Lipinski definition) is 4. The molecule has 168 valence electrons. The number of halogens is 1. The van der Waals surface area contributed by atoms with Crippen molar-refractivity contribution in [3.8, 4) is 0 Å². The van der Waals surface area contributed by atoms with Gasteiger partial charge < -0.3 is 14.3 Å². The van der Waals surface area contributed by atoms with Crippen molar-refractivity contribution in [2.45, 2.75) is 12.5 Å². The zero-order chi connectivity index (χ0) is 23.4. The number of nitrogens with zero attached hydrogens (tertiary/aromatic N) is 2. The Morgan fingerprint density at radius 1 is 1.09 bits per heavy atom. The molecular formula is C26H18BrN3O4. The normalized spacial score (nSPS) is 15.6. The van der Waals surface area contributed by atoms with Crippen LogP contribution in [0, 0.1) is 10.1 Å². The Balaban J connectivity index is 1.48. The van der Waals surface area contributed by atoms with Gasteiger partial charge in [-0.05, 0) is 60.0 Å². The highest BCUT2D eigenvalue weighted by atomic mass is 79.9. The Bertz CT molecular complexity index is 1590. The fourth-order valence-electron chi connectivity index (χ4n) is 4.85. The highest BCUT2D eigenvalue weighted by Gasteiger charge is 2.36. The molecule has 1 N–H and O–H groups in total. The molecule has 3 aromatic carbocycles. The maximum absolute atomic E-state index is 13.7. The van der Waals surface area contributed by atoms with Crippen LogP contribution in [0.2, 0.25) is 0 Å². The Hall–Kier alpha value is -3.91. The van der Waals surface area contributed by atoms with Crippen LogP contribution >= 0.6 is 15.9 Å². The number of nitrogens with one attached hydrogen (secondary N) is 1. The van der Waals surface area contributed by atoms with E-state index in [2.05, 4.69) is 27.0 Å². The molecule has 1 aliphatic rings. The minimum Gasteiger partial charge on any atom is -0.451 e. The zero-order valence-electron chi connectivity index (χ0n) is 17.8. The standard InChI is InChI=1S/C26H18BrN3O4/c27-17-7-10-22-16(13-17)14-23(34-22)26(31)29-12-11-20-19-3-1-2-4-21(19)28-24(20)25(29)15-5-8-18(9-6-15)30(32)33/h1-10,13-14,25,28H,11-12H2/t25-/m1/s1.